The zero-order valence-electron chi connectivity index (χ0n) is 31.9. The molecule has 5 aromatic carbocycles. The molecule has 1 aliphatic heterocycles. The van der Waals surface area contributed by atoms with Crippen LogP contribution in [0.5, 0.6) is 11.5 Å². The summed E-state index contributed by atoms with van der Waals surface area (Å²) in [5, 5.41) is 2.25. The Hall–Kier alpha value is -5.12. The first kappa shape index (κ1) is 37.2. The zero-order chi connectivity index (χ0) is 36.9. The molecule has 0 N–H and O–H groups in total. The van der Waals surface area contributed by atoms with Gasteiger partial charge in [-0.2, -0.15) is 12.1 Å². The first-order chi connectivity index (χ1) is 25.5. The summed E-state index contributed by atoms with van der Waals surface area (Å²) in [4.78, 5) is 9.00. The Morgan fingerprint density at radius 1 is 0.685 bits per heavy atom. The van der Waals surface area contributed by atoms with Gasteiger partial charge in [0.2, 0.25) is 0 Å². The number of hydrogen-bond donors (Lipinski definition) is 0. The third-order valence-electron chi connectivity index (χ3n) is 10.1. The molecule has 0 spiro atoms. The van der Waals surface area contributed by atoms with Crippen molar-refractivity contribution in [3.8, 4) is 28.4 Å². The average molecular weight is 889 g/mol. The number of pyridine rings is 1. The first-order valence-corrected chi connectivity index (χ1v) is 18.5. The van der Waals surface area contributed by atoms with Gasteiger partial charge in [-0.15, -0.1) is 48.1 Å². The van der Waals surface area contributed by atoms with Gasteiger partial charge >= 0.3 is 0 Å². The fourth-order valence-electron chi connectivity index (χ4n) is 7.28. The molecule has 0 radical (unpaired) electrons. The van der Waals surface area contributed by atoms with E-state index >= 15 is 0 Å². The minimum atomic E-state index is -0.00324. The predicted octanol–water partition coefficient (Wildman–Crippen LogP) is 12.7. The Kier molecular flexibility index (Phi) is 10.3. The third-order valence-corrected chi connectivity index (χ3v) is 10.1. The Labute approximate surface area is 334 Å². The van der Waals surface area contributed by atoms with E-state index in [9.17, 15) is 0 Å². The van der Waals surface area contributed by atoms with E-state index in [1.165, 1.54) is 27.8 Å². The molecule has 5 nitrogen and oxygen atoms in total. The number of benzene rings is 5. The van der Waals surface area contributed by atoms with Gasteiger partial charge in [-0.05, 0) is 93.2 Å². The maximum absolute atomic E-state index is 6.45. The fourth-order valence-corrected chi connectivity index (χ4v) is 7.28. The zero-order valence-corrected chi connectivity index (χ0v) is 34.1. The van der Waals surface area contributed by atoms with Crippen molar-refractivity contribution < 1.29 is 25.8 Å². The number of fused-ring (bicyclic) bond motifs is 3. The summed E-state index contributed by atoms with van der Waals surface area (Å²) < 4.78 is 8.63. The van der Waals surface area contributed by atoms with E-state index in [2.05, 4.69) is 173 Å². The van der Waals surface area contributed by atoms with Gasteiger partial charge in [0.25, 0.3) is 0 Å². The topological polar surface area (TPSA) is 33.5 Å². The van der Waals surface area contributed by atoms with Crippen LogP contribution in [0.25, 0.3) is 38.8 Å². The normalized spacial score (nSPS) is 13.1. The Morgan fingerprint density at radius 2 is 1.37 bits per heavy atom. The number of ether oxygens (including phenoxy) is 1. The molecule has 54 heavy (non-hydrogen) atoms. The monoisotopic (exact) mass is 888 g/mol. The van der Waals surface area contributed by atoms with Crippen molar-refractivity contribution in [2.75, 3.05) is 9.80 Å². The molecule has 0 fully saturated rings. The van der Waals surface area contributed by atoms with Crippen molar-refractivity contribution in [2.45, 2.75) is 65.7 Å². The molecule has 0 unspecified atom stereocenters. The Morgan fingerprint density at radius 3 is 2.09 bits per heavy atom. The molecule has 0 atom stereocenters. The molecule has 0 amide bonds. The molecule has 1 aliphatic rings. The Balaban J connectivity index is 0.00000450. The summed E-state index contributed by atoms with van der Waals surface area (Å²) >= 11 is 0. The molecule has 0 saturated carbocycles. The van der Waals surface area contributed by atoms with Crippen LogP contribution in [0.2, 0.25) is 0 Å². The molecule has 276 valence electrons. The van der Waals surface area contributed by atoms with Crippen LogP contribution in [-0.2, 0) is 26.5 Å². The van der Waals surface area contributed by atoms with Gasteiger partial charge < -0.3 is 19.1 Å². The minimum Gasteiger partial charge on any atom is -0.509 e. The maximum Gasteiger partial charge on any atom is 0.135 e. The summed E-state index contributed by atoms with van der Waals surface area (Å²) in [5.41, 5.74) is 10.6. The first-order valence-electron chi connectivity index (χ1n) is 18.5. The molecule has 2 aromatic heterocycles. The van der Waals surface area contributed by atoms with Crippen LogP contribution in [0.4, 0.5) is 11.4 Å². The smallest absolute Gasteiger partial charge is 0.135 e. The van der Waals surface area contributed by atoms with Gasteiger partial charge in [-0.1, -0.05) is 103 Å². The molecule has 3 heterocycles. The molecule has 7 aromatic rings. The van der Waals surface area contributed by atoms with Crippen LogP contribution in [0.1, 0.15) is 77.0 Å². The summed E-state index contributed by atoms with van der Waals surface area (Å²) in [5.74, 6) is 2.99. The van der Waals surface area contributed by atoms with Gasteiger partial charge in [-0.3, -0.25) is 0 Å². The predicted molar refractivity (Wildman–Crippen MR) is 220 cm³/mol. The van der Waals surface area contributed by atoms with Crippen LogP contribution in [-0.4, -0.2) is 9.55 Å². The van der Waals surface area contributed by atoms with E-state index in [1.54, 1.807) is 0 Å². The number of hydrogen-bond acceptors (Lipinski definition) is 4. The van der Waals surface area contributed by atoms with Crippen LogP contribution in [0.3, 0.4) is 0 Å². The number of nitrogens with zero attached hydrogens (tertiary/aromatic N) is 4. The van der Waals surface area contributed by atoms with Gasteiger partial charge in [0.1, 0.15) is 5.82 Å². The van der Waals surface area contributed by atoms with Gasteiger partial charge in [-0.25, -0.2) is 4.98 Å². The van der Waals surface area contributed by atoms with Gasteiger partial charge in [0.15, 0.2) is 0 Å². The van der Waals surface area contributed by atoms with Crippen molar-refractivity contribution in [2.24, 2.45) is 0 Å². The molecular weight excluding hydrogens is 844 g/mol. The number of rotatable bonds is 8. The van der Waals surface area contributed by atoms with E-state index in [-0.39, 0.29) is 26.5 Å². The summed E-state index contributed by atoms with van der Waals surface area (Å²) in [7, 11) is 0. The van der Waals surface area contributed by atoms with Crippen LogP contribution >= 0.6 is 0 Å². The van der Waals surface area contributed by atoms with E-state index in [0.717, 1.165) is 39.0 Å². The summed E-state index contributed by atoms with van der Waals surface area (Å²) in [6, 6.07) is 45.4. The van der Waals surface area contributed by atoms with Crippen LogP contribution < -0.4 is 14.5 Å². The van der Waals surface area contributed by atoms with Crippen molar-refractivity contribution in [1.82, 2.24) is 9.55 Å². The molecule has 0 aliphatic carbocycles. The molecule has 0 bridgehead atoms. The number of anilines is 2. The maximum atomic E-state index is 6.45. The SMILES string of the molecule is CC(C)c1cccc(C(C)C)c1-c1ccc(N2C=CN(c3[c-]c(Oc4[c-]c5c(cc4)c4ccccc4n5-c4cc(C(C)(C)C)ccn4)ccc3)[CH-]2)cc1.[Pt]. The molecular formula is C48H45N4OPt-3. The Bertz CT molecular complexity index is 2440. The second kappa shape index (κ2) is 15.0. The van der Waals surface area contributed by atoms with Crippen molar-refractivity contribution >= 4 is 33.2 Å². The quantitative estimate of drug-likeness (QED) is 0.142. The molecule has 8 rings (SSSR count). The number of para-hydroxylation sites is 1. The van der Waals surface area contributed by atoms with Crippen molar-refractivity contribution in [3.05, 3.63) is 163 Å². The average Bonchev–Trinajstić information content (AvgIpc) is 3.78. The number of aromatic nitrogens is 2. The third kappa shape index (κ3) is 7.10. The van der Waals surface area contributed by atoms with E-state index in [0.29, 0.717) is 23.3 Å². The second-order valence-electron chi connectivity index (χ2n) is 15.5. The van der Waals surface area contributed by atoms with E-state index in [1.807, 2.05) is 36.7 Å². The fraction of sp³-hybridized carbons (Fsp3) is 0.208. The second-order valence-corrected chi connectivity index (χ2v) is 15.5. The largest absolute Gasteiger partial charge is 0.509 e. The van der Waals surface area contributed by atoms with Gasteiger partial charge in [0.05, 0.1) is 0 Å². The molecule has 0 saturated heterocycles. The minimum absolute atomic E-state index is 0. The van der Waals surface area contributed by atoms with E-state index < -0.39 is 0 Å². The van der Waals surface area contributed by atoms with Crippen LogP contribution in [0.15, 0.2) is 128 Å². The van der Waals surface area contributed by atoms with Crippen molar-refractivity contribution in [3.63, 3.8) is 0 Å². The standard InChI is InChI=1S/C48H45N4O.Pt/c1-32(2)40-15-11-16-41(33(3)4)47(40)34-18-20-36(21-19-34)50-26-27-51(31-50)37-12-10-13-38(29-37)53-39-22-23-43-42-14-8-9-17-44(42)52(45(43)30-39)46-28-35(24-25-49-46)48(5,6)7;/h8-28,31-33H,1-7H3;/q-3;. The summed E-state index contributed by atoms with van der Waals surface area (Å²) in [6.45, 7) is 17.8. The molecule has 6 heteroatoms. The van der Waals surface area contributed by atoms with E-state index in [4.69, 9.17) is 9.72 Å². The van der Waals surface area contributed by atoms with Crippen LogP contribution in [0, 0.1) is 18.8 Å². The van der Waals surface area contributed by atoms with Gasteiger partial charge in [0, 0.05) is 50.0 Å². The summed E-state index contributed by atoms with van der Waals surface area (Å²) in [6.07, 6.45) is 6.01. The van der Waals surface area contributed by atoms with Crippen molar-refractivity contribution in [1.29, 1.82) is 0 Å².